The first-order chi connectivity index (χ1) is 41.6. The smallest absolute Gasteiger partial charge is 0.0464 e. The predicted octanol–water partition coefficient (Wildman–Crippen LogP) is 22.8. The molecular weight excluding hydrogens is 1020 g/mol. The molecule has 2 N–H and O–H groups in total. The number of benzene rings is 14. The highest BCUT2D eigenvalue weighted by Gasteiger charge is 2.17. The van der Waals surface area contributed by atoms with Gasteiger partial charge in [0.25, 0.3) is 0 Å². The molecule has 14 rings (SSSR count). The van der Waals surface area contributed by atoms with Crippen LogP contribution in [0.1, 0.15) is 0 Å². The Morgan fingerprint density at radius 3 is 0.774 bits per heavy atom. The van der Waals surface area contributed by atoms with Crippen LogP contribution in [0.3, 0.4) is 0 Å². The summed E-state index contributed by atoms with van der Waals surface area (Å²) in [7, 11) is 0. The summed E-state index contributed by atoms with van der Waals surface area (Å²) in [5, 5.41) is 12.4. The lowest BCUT2D eigenvalue weighted by Gasteiger charge is -2.26. The summed E-state index contributed by atoms with van der Waals surface area (Å²) in [6.07, 6.45) is 0. The largest absolute Gasteiger partial charge is 0.355 e. The highest BCUT2D eigenvalue weighted by molar-refractivity contribution is 6.01. The Kier molecular flexibility index (Phi) is 14.0. The van der Waals surface area contributed by atoms with E-state index < -0.39 is 0 Å². The molecule has 0 saturated heterocycles. The van der Waals surface area contributed by atoms with Crippen LogP contribution in [0.2, 0.25) is 0 Å². The molecule has 14 aromatic carbocycles. The summed E-state index contributed by atoms with van der Waals surface area (Å²) in [6.45, 7) is 0. The fraction of sp³-hybridized carbons (Fsp3) is 0. The van der Waals surface area contributed by atoms with Crippen molar-refractivity contribution < 1.29 is 0 Å². The zero-order valence-corrected chi connectivity index (χ0v) is 46.2. The number of hydrogen-bond acceptors (Lipinski definition) is 4. The maximum atomic E-state index is 3.72. The van der Waals surface area contributed by atoms with E-state index in [2.05, 4.69) is 360 Å². The second-order valence-corrected chi connectivity index (χ2v) is 21.1. The summed E-state index contributed by atoms with van der Waals surface area (Å²) < 4.78 is 0. The third-order valence-electron chi connectivity index (χ3n) is 15.9. The highest BCUT2D eigenvalue weighted by Crippen LogP contribution is 2.42. The third kappa shape index (κ3) is 10.6. The third-order valence-corrected chi connectivity index (χ3v) is 15.9. The first kappa shape index (κ1) is 51.0. The van der Waals surface area contributed by atoms with Crippen molar-refractivity contribution in [2.24, 2.45) is 0 Å². The average molecular weight is 1080 g/mol. The van der Waals surface area contributed by atoms with Gasteiger partial charge in [-0.3, -0.25) is 0 Å². The van der Waals surface area contributed by atoms with Gasteiger partial charge < -0.3 is 20.4 Å². The zero-order valence-electron chi connectivity index (χ0n) is 46.2. The van der Waals surface area contributed by atoms with Crippen LogP contribution in [-0.2, 0) is 0 Å². The Morgan fingerprint density at radius 1 is 0.179 bits per heavy atom. The number of hydrogen-bond donors (Lipinski definition) is 2. The number of fused-ring (bicyclic) bond motifs is 2. The number of anilines is 10. The van der Waals surface area contributed by atoms with Gasteiger partial charge in [0.1, 0.15) is 0 Å². The van der Waals surface area contributed by atoms with Gasteiger partial charge in [0, 0.05) is 68.0 Å². The van der Waals surface area contributed by atoms with Crippen LogP contribution < -0.4 is 20.4 Å². The zero-order chi connectivity index (χ0) is 56.0. The first-order valence-corrected chi connectivity index (χ1v) is 28.6. The van der Waals surface area contributed by atoms with Crippen LogP contribution in [0.25, 0.3) is 77.2 Å². The van der Waals surface area contributed by atoms with Gasteiger partial charge in [-0.1, -0.05) is 231 Å². The van der Waals surface area contributed by atoms with Crippen LogP contribution in [0.15, 0.2) is 340 Å². The Labute approximate surface area is 491 Å². The molecule has 0 aromatic heterocycles. The summed E-state index contributed by atoms with van der Waals surface area (Å²) in [5.41, 5.74) is 22.4. The van der Waals surface area contributed by atoms with Crippen molar-refractivity contribution in [1.29, 1.82) is 0 Å². The van der Waals surface area contributed by atoms with E-state index in [1.807, 2.05) is 0 Å². The van der Waals surface area contributed by atoms with Crippen molar-refractivity contribution in [3.05, 3.63) is 340 Å². The van der Waals surface area contributed by atoms with Gasteiger partial charge in [0.15, 0.2) is 0 Å². The number of nitrogens with one attached hydrogen (secondary N) is 2. The van der Waals surface area contributed by atoms with E-state index in [1.165, 1.54) is 43.8 Å². The summed E-state index contributed by atoms with van der Waals surface area (Å²) in [6, 6.07) is 122. The van der Waals surface area contributed by atoms with Crippen LogP contribution in [0.5, 0.6) is 0 Å². The summed E-state index contributed by atoms with van der Waals surface area (Å²) in [5.74, 6) is 0. The van der Waals surface area contributed by atoms with Gasteiger partial charge in [-0.15, -0.1) is 0 Å². The Balaban J connectivity index is 0.668. The molecule has 0 amide bonds. The van der Waals surface area contributed by atoms with Crippen LogP contribution in [-0.4, -0.2) is 0 Å². The molecule has 14 aromatic rings. The molecule has 0 aliphatic carbocycles. The molecule has 4 nitrogen and oxygen atoms in total. The first-order valence-electron chi connectivity index (χ1n) is 28.6. The van der Waals surface area contributed by atoms with Gasteiger partial charge in [-0.05, 0) is 175 Å². The highest BCUT2D eigenvalue weighted by atomic mass is 15.1. The van der Waals surface area contributed by atoms with Crippen LogP contribution in [0.4, 0.5) is 56.9 Å². The van der Waals surface area contributed by atoms with E-state index in [9.17, 15) is 0 Å². The lowest BCUT2D eigenvalue weighted by molar-refractivity contribution is 1.28. The van der Waals surface area contributed by atoms with Crippen molar-refractivity contribution in [1.82, 2.24) is 0 Å². The normalized spacial score (nSPS) is 11.1. The Morgan fingerprint density at radius 2 is 0.429 bits per heavy atom. The minimum Gasteiger partial charge on any atom is -0.355 e. The molecule has 0 bridgehead atoms. The van der Waals surface area contributed by atoms with E-state index in [-0.39, 0.29) is 0 Å². The Hall–Kier alpha value is -11.2. The van der Waals surface area contributed by atoms with Gasteiger partial charge in [0.05, 0.1) is 0 Å². The quantitative estimate of drug-likeness (QED) is 0.107. The molecular formula is C80H58N4. The van der Waals surface area contributed by atoms with Gasteiger partial charge in [-0.2, -0.15) is 0 Å². The lowest BCUT2D eigenvalue weighted by atomic mass is 9.97. The molecule has 0 unspecified atom stereocenters. The van der Waals surface area contributed by atoms with Crippen LogP contribution in [0, 0.1) is 0 Å². The Bertz CT molecular complexity index is 4240. The van der Waals surface area contributed by atoms with Crippen molar-refractivity contribution in [2.75, 3.05) is 20.4 Å². The molecule has 0 aliphatic rings. The van der Waals surface area contributed by atoms with E-state index in [0.717, 1.165) is 90.3 Å². The second-order valence-electron chi connectivity index (χ2n) is 21.1. The van der Waals surface area contributed by atoms with Crippen molar-refractivity contribution >= 4 is 78.4 Å². The predicted molar refractivity (Wildman–Crippen MR) is 357 cm³/mol. The molecule has 0 heterocycles. The number of rotatable bonds is 15. The van der Waals surface area contributed by atoms with Crippen molar-refractivity contribution in [2.45, 2.75) is 0 Å². The van der Waals surface area contributed by atoms with Crippen molar-refractivity contribution in [3.8, 4) is 55.6 Å². The molecule has 84 heavy (non-hydrogen) atoms. The van der Waals surface area contributed by atoms with E-state index in [0.29, 0.717) is 0 Å². The minimum absolute atomic E-state index is 1.04. The van der Waals surface area contributed by atoms with Gasteiger partial charge in [0.2, 0.25) is 0 Å². The standard InChI is InChI=1S/C80H58N4/c1-3-21-67(22-4-1)83(69-49-37-59(38-50-69)57-33-45-65(46-34-57)81-79-31-13-11-27-77(79)75-29-15-19-63-17-7-9-25-73(63)75)71-53-41-61(42-54-71)62-43-55-72(56-44-62)84(68-23-5-2-6-24-68)70-51-39-60(40-52-70)58-35-47-66(48-36-58)82-80-32-14-12-28-78(80)76-30-16-20-64-18-8-10-26-74(64)76/h1-56,81-82H. The molecule has 0 spiro atoms. The van der Waals surface area contributed by atoms with Crippen LogP contribution >= 0.6 is 0 Å². The lowest BCUT2D eigenvalue weighted by Crippen LogP contribution is -2.10. The van der Waals surface area contributed by atoms with E-state index in [4.69, 9.17) is 0 Å². The van der Waals surface area contributed by atoms with Gasteiger partial charge in [-0.25, -0.2) is 0 Å². The minimum atomic E-state index is 1.04. The fourth-order valence-corrected chi connectivity index (χ4v) is 11.6. The molecule has 0 radical (unpaired) electrons. The molecule has 0 aliphatic heterocycles. The molecule has 398 valence electrons. The average Bonchev–Trinajstić information content (AvgIpc) is 3.65. The maximum absolute atomic E-state index is 3.72. The van der Waals surface area contributed by atoms with Crippen molar-refractivity contribution in [3.63, 3.8) is 0 Å². The van der Waals surface area contributed by atoms with Gasteiger partial charge >= 0.3 is 0 Å². The van der Waals surface area contributed by atoms with E-state index >= 15 is 0 Å². The van der Waals surface area contributed by atoms with E-state index in [1.54, 1.807) is 0 Å². The second kappa shape index (κ2) is 23.1. The molecule has 0 saturated carbocycles. The number of nitrogens with zero attached hydrogens (tertiary/aromatic N) is 2. The molecule has 0 fully saturated rings. The summed E-state index contributed by atoms with van der Waals surface area (Å²) >= 11 is 0. The monoisotopic (exact) mass is 1070 g/mol. The molecule has 4 heteroatoms. The fourth-order valence-electron chi connectivity index (χ4n) is 11.6. The summed E-state index contributed by atoms with van der Waals surface area (Å²) in [4.78, 5) is 4.64. The topological polar surface area (TPSA) is 30.5 Å². The molecule has 0 atom stereocenters. The maximum Gasteiger partial charge on any atom is 0.0464 e. The number of para-hydroxylation sites is 4. The SMILES string of the molecule is c1ccc(N(c2ccc(-c3ccc(Nc4ccccc4-c4cccc5ccccc45)cc3)cc2)c2ccc(-c3ccc(N(c4ccccc4)c4ccc(-c5ccc(Nc6ccccc6-c6cccc7ccccc67)cc5)cc4)cc3)cc2)cc1.